The minimum atomic E-state index is 0. The average Bonchev–Trinajstić information content (AvgIpc) is 3.14. The first kappa shape index (κ1) is 18.0. The lowest BCUT2D eigenvalue weighted by Gasteiger charge is -2.22. The fraction of sp³-hybridized carbons (Fsp3) is 0.471. The van der Waals surface area contributed by atoms with Gasteiger partial charge in [-0.15, -0.1) is 23.7 Å². The molecular formula is C17H23ClN2O2S. The van der Waals surface area contributed by atoms with E-state index < -0.39 is 0 Å². The molecule has 0 aliphatic carbocycles. The van der Waals surface area contributed by atoms with Crippen LogP contribution in [0.2, 0.25) is 0 Å². The summed E-state index contributed by atoms with van der Waals surface area (Å²) in [6.07, 6.45) is 4.34. The largest absolute Gasteiger partial charge is 0.460 e. The summed E-state index contributed by atoms with van der Waals surface area (Å²) in [5.74, 6) is 1.94. The van der Waals surface area contributed by atoms with Gasteiger partial charge in [-0.05, 0) is 36.4 Å². The third-order valence-corrected chi connectivity index (χ3v) is 4.96. The number of rotatable bonds is 4. The van der Waals surface area contributed by atoms with E-state index >= 15 is 0 Å². The summed E-state index contributed by atoms with van der Waals surface area (Å²) in [7, 11) is 0. The number of furan rings is 1. The van der Waals surface area contributed by atoms with E-state index in [9.17, 15) is 4.79 Å². The van der Waals surface area contributed by atoms with E-state index in [0.717, 1.165) is 42.2 Å². The lowest BCUT2D eigenvalue weighted by Crippen LogP contribution is -2.39. The molecule has 0 saturated carbocycles. The number of carbonyl (C=O) groups excluding carboxylic acids is 1. The van der Waals surface area contributed by atoms with Crippen molar-refractivity contribution in [3.63, 3.8) is 0 Å². The first-order valence-electron chi connectivity index (χ1n) is 7.88. The normalized spacial score (nSPS) is 18.3. The third-order valence-electron chi connectivity index (χ3n) is 4.07. The van der Waals surface area contributed by atoms with Gasteiger partial charge in [-0.3, -0.25) is 4.79 Å². The topological polar surface area (TPSA) is 59.5 Å². The van der Waals surface area contributed by atoms with E-state index in [1.165, 1.54) is 0 Å². The zero-order valence-corrected chi connectivity index (χ0v) is 14.7. The lowest BCUT2D eigenvalue weighted by atomic mass is 10.1. The predicted octanol–water partition coefficient (Wildman–Crippen LogP) is 3.70. The van der Waals surface area contributed by atoms with E-state index in [1.807, 2.05) is 34.5 Å². The Morgan fingerprint density at radius 3 is 3.00 bits per heavy atom. The van der Waals surface area contributed by atoms with E-state index in [-0.39, 0.29) is 24.4 Å². The number of carbonyl (C=O) groups is 1. The van der Waals surface area contributed by atoms with Crippen LogP contribution in [0.3, 0.4) is 0 Å². The molecule has 0 radical (unpaired) electrons. The fourth-order valence-electron chi connectivity index (χ4n) is 2.85. The van der Waals surface area contributed by atoms with Crippen molar-refractivity contribution < 1.29 is 9.21 Å². The second-order valence-corrected chi connectivity index (χ2v) is 6.79. The van der Waals surface area contributed by atoms with E-state index in [1.54, 1.807) is 11.3 Å². The van der Waals surface area contributed by atoms with Gasteiger partial charge < -0.3 is 15.1 Å². The fourth-order valence-corrected chi connectivity index (χ4v) is 3.54. The van der Waals surface area contributed by atoms with Gasteiger partial charge in [0.15, 0.2) is 0 Å². The van der Waals surface area contributed by atoms with Crippen molar-refractivity contribution >= 4 is 29.7 Å². The summed E-state index contributed by atoms with van der Waals surface area (Å²) < 4.78 is 5.83. The van der Waals surface area contributed by atoms with Crippen LogP contribution in [0.15, 0.2) is 34.1 Å². The number of thiophene rings is 1. The molecule has 126 valence electrons. The standard InChI is InChI=1S/C17H22N2O2S.ClH/c18-13-4-1-2-10-19(12-13)17(20)9-7-14-6-8-15(21-14)16-5-3-11-22-16;/h3,5-6,8,11,13H,1-2,4,7,9-10,12,18H2;1H. The highest BCUT2D eigenvalue weighted by atomic mass is 35.5. The Morgan fingerprint density at radius 1 is 1.35 bits per heavy atom. The van der Waals surface area contributed by atoms with Crippen LogP contribution in [0.5, 0.6) is 0 Å². The Kier molecular flexibility index (Phi) is 6.69. The van der Waals surface area contributed by atoms with E-state index in [2.05, 4.69) is 0 Å². The number of amides is 1. The highest BCUT2D eigenvalue weighted by Gasteiger charge is 2.19. The van der Waals surface area contributed by atoms with Gasteiger partial charge in [0.1, 0.15) is 11.5 Å². The summed E-state index contributed by atoms with van der Waals surface area (Å²) in [6.45, 7) is 1.53. The van der Waals surface area contributed by atoms with Crippen LogP contribution >= 0.6 is 23.7 Å². The SMILES string of the molecule is Cl.NC1CCCCN(C(=O)CCc2ccc(-c3cccs3)o2)C1. The molecule has 1 aliphatic rings. The quantitative estimate of drug-likeness (QED) is 0.910. The van der Waals surface area contributed by atoms with Crippen LogP contribution in [-0.4, -0.2) is 29.9 Å². The van der Waals surface area contributed by atoms with Gasteiger partial charge in [-0.1, -0.05) is 12.5 Å². The highest BCUT2D eigenvalue weighted by molar-refractivity contribution is 7.13. The van der Waals surface area contributed by atoms with Crippen LogP contribution in [0, 0.1) is 0 Å². The molecule has 1 amide bonds. The van der Waals surface area contributed by atoms with Crippen molar-refractivity contribution in [1.82, 2.24) is 4.90 Å². The minimum absolute atomic E-state index is 0. The van der Waals surface area contributed by atoms with Crippen molar-refractivity contribution in [2.45, 2.75) is 38.1 Å². The van der Waals surface area contributed by atoms with Crippen molar-refractivity contribution in [3.8, 4) is 10.6 Å². The van der Waals surface area contributed by atoms with Crippen LogP contribution < -0.4 is 5.73 Å². The van der Waals surface area contributed by atoms with Crippen LogP contribution in [0.25, 0.3) is 10.6 Å². The predicted molar refractivity (Wildman–Crippen MR) is 96.0 cm³/mol. The zero-order chi connectivity index (χ0) is 15.4. The maximum Gasteiger partial charge on any atom is 0.223 e. The van der Waals surface area contributed by atoms with Crippen LogP contribution in [-0.2, 0) is 11.2 Å². The number of aryl methyl sites for hydroxylation is 1. The molecule has 6 heteroatoms. The Morgan fingerprint density at radius 2 is 2.22 bits per heavy atom. The maximum atomic E-state index is 12.3. The molecule has 1 saturated heterocycles. The summed E-state index contributed by atoms with van der Waals surface area (Å²) in [6, 6.07) is 8.12. The molecule has 1 fully saturated rings. The van der Waals surface area contributed by atoms with Crippen molar-refractivity contribution in [2.75, 3.05) is 13.1 Å². The summed E-state index contributed by atoms with van der Waals surface area (Å²) in [5, 5.41) is 2.03. The second kappa shape index (κ2) is 8.52. The summed E-state index contributed by atoms with van der Waals surface area (Å²) >= 11 is 1.66. The van der Waals surface area contributed by atoms with E-state index in [4.69, 9.17) is 10.2 Å². The number of likely N-dealkylation sites (tertiary alicyclic amines) is 1. The Bertz CT molecular complexity index is 612. The number of nitrogens with zero attached hydrogens (tertiary/aromatic N) is 1. The monoisotopic (exact) mass is 354 g/mol. The second-order valence-electron chi connectivity index (χ2n) is 5.84. The number of hydrogen-bond donors (Lipinski definition) is 1. The van der Waals surface area contributed by atoms with Gasteiger partial charge >= 0.3 is 0 Å². The zero-order valence-electron chi connectivity index (χ0n) is 13.1. The highest BCUT2D eigenvalue weighted by Crippen LogP contribution is 2.27. The number of halogens is 1. The first-order chi connectivity index (χ1) is 10.7. The molecule has 4 nitrogen and oxygen atoms in total. The molecule has 3 heterocycles. The third kappa shape index (κ3) is 4.83. The van der Waals surface area contributed by atoms with Crippen molar-refractivity contribution in [2.24, 2.45) is 5.73 Å². The summed E-state index contributed by atoms with van der Waals surface area (Å²) in [4.78, 5) is 15.4. The molecule has 1 unspecified atom stereocenters. The molecule has 2 N–H and O–H groups in total. The maximum absolute atomic E-state index is 12.3. The summed E-state index contributed by atoms with van der Waals surface area (Å²) in [5.41, 5.74) is 6.02. The Balaban J connectivity index is 0.00000192. The molecule has 0 aromatic carbocycles. The van der Waals surface area contributed by atoms with Crippen LogP contribution in [0.4, 0.5) is 0 Å². The van der Waals surface area contributed by atoms with Gasteiger partial charge in [0, 0.05) is 32.0 Å². The molecule has 3 rings (SSSR count). The molecule has 0 spiro atoms. The first-order valence-corrected chi connectivity index (χ1v) is 8.76. The van der Waals surface area contributed by atoms with Crippen LogP contribution in [0.1, 0.15) is 31.4 Å². The molecular weight excluding hydrogens is 332 g/mol. The van der Waals surface area contributed by atoms with Gasteiger partial charge in [0.2, 0.25) is 5.91 Å². The average molecular weight is 355 g/mol. The molecule has 23 heavy (non-hydrogen) atoms. The van der Waals surface area contributed by atoms with Gasteiger partial charge in [-0.2, -0.15) is 0 Å². The van der Waals surface area contributed by atoms with E-state index in [0.29, 0.717) is 19.4 Å². The molecule has 2 aromatic heterocycles. The Labute approximate surface area is 147 Å². The number of nitrogens with two attached hydrogens (primary N) is 1. The number of hydrogen-bond acceptors (Lipinski definition) is 4. The van der Waals surface area contributed by atoms with Gasteiger partial charge in [0.25, 0.3) is 0 Å². The lowest BCUT2D eigenvalue weighted by molar-refractivity contribution is -0.131. The molecule has 1 aliphatic heterocycles. The van der Waals surface area contributed by atoms with Gasteiger partial charge in [0.05, 0.1) is 4.88 Å². The molecule has 1 atom stereocenters. The smallest absolute Gasteiger partial charge is 0.223 e. The minimum Gasteiger partial charge on any atom is -0.460 e. The van der Waals surface area contributed by atoms with Gasteiger partial charge in [-0.25, -0.2) is 0 Å². The Hall–Kier alpha value is -1.30. The van der Waals surface area contributed by atoms with Crippen molar-refractivity contribution in [3.05, 3.63) is 35.4 Å². The molecule has 2 aromatic rings. The molecule has 0 bridgehead atoms. The van der Waals surface area contributed by atoms with Crippen molar-refractivity contribution in [1.29, 1.82) is 0 Å².